The van der Waals surface area contributed by atoms with Crippen LogP contribution in [0.4, 0.5) is 10.5 Å². The summed E-state index contributed by atoms with van der Waals surface area (Å²) in [5, 5.41) is 16.2. The number of nitro benzene ring substituents is 1. The normalized spacial score (nSPS) is 19.3. The quantitative estimate of drug-likeness (QED) is 0.300. The van der Waals surface area contributed by atoms with Gasteiger partial charge in [-0.25, -0.2) is 4.79 Å². The summed E-state index contributed by atoms with van der Waals surface area (Å²) in [4.78, 5) is 44.9. The summed E-state index contributed by atoms with van der Waals surface area (Å²) in [6.07, 6.45) is -0.341. The van der Waals surface area contributed by atoms with Gasteiger partial charge in [0.15, 0.2) is 0 Å². The lowest BCUT2D eigenvalue weighted by Crippen LogP contribution is -2.65. The smallest absolute Gasteiger partial charge is 0.407 e. The van der Waals surface area contributed by atoms with E-state index in [0.717, 1.165) is 0 Å². The van der Waals surface area contributed by atoms with Crippen molar-refractivity contribution in [3.63, 3.8) is 0 Å². The van der Waals surface area contributed by atoms with E-state index in [-0.39, 0.29) is 36.4 Å². The lowest BCUT2D eigenvalue weighted by molar-refractivity contribution is -0.385. The topological polar surface area (TPSA) is 137 Å². The van der Waals surface area contributed by atoms with Crippen molar-refractivity contribution in [3.8, 4) is 0 Å². The number of para-hydroxylation sites is 1. The lowest BCUT2D eigenvalue weighted by atomic mass is 9.83. The minimum Gasteiger partial charge on any atom is -0.466 e. The van der Waals surface area contributed by atoms with Crippen LogP contribution >= 0.6 is 0 Å². The summed E-state index contributed by atoms with van der Waals surface area (Å²) in [6, 6.07) is 5.22. The Morgan fingerprint density at radius 2 is 2.04 bits per heavy atom. The molecule has 0 spiro atoms. The van der Waals surface area contributed by atoms with E-state index in [4.69, 9.17) is 9.47 Å². The molecule has 10 heteroatoms. The standard InChI is InChI=1S/C17H21N3O7/c1-10(15-13(19-16(15)22)7-8-26-11(2)21)18-17(23)27-9-12-5-3-4-6-14(12)20(24)25/h3-6,10,13,15H,7-9H2,1-2H3,(H,18,23)(H,19,22)/t10?,13-,15-/m0/s1. The predicted octanol–water partition coefficient (Wildman–Crippen LogP) is 1.28. The Bertz CT molecular complexity index is 737. The summed E-state index contributed by atoms with van der Waals surface area (Å²) >= 11 is 0. The number of carbonyl (C=O) groups excluding carboxylic acids is 3. The van der Waals surface area contributed by atoms with Crippen molar-refractivity contribution in [2.45, 2.75) is 39.0 Å². The zero-order chi connectivity index (χ0) is 20.0. The molecule has 1 fully saturated rings. The number of β-lactam (4-membered cyclic amide) rings is 1. The fourth-order valence-corrected chi connectivity index (χ4v) is 2.88. The molecule has 1 saturated heterocycles. The number of amides is 2. The molecule has 1 aromatic rings. The lowest BCUT2D eigenvalue weighted by Gasteiger charge is -2.40. The molecule has 2 amide bonds. The average Bonchev–Trinajstić information content (AvgIpc) is 2.58. The highest BCUT2D eigenvalue weighted by Gasteiger charge is 2.43. The Labute approximate surface area is 155 Å². The SMILES string of the molecule is CC(=O)OCC[C@@H]1NC(=O)[C@H]1C(C)NC(=O)OCc1ccccc1[N+](=O)[O-]. The second kappa shape index (κ2) is 8.97. The Morgan fingerprint density at radius 3 is 2.67 bits per heavy atom. The fourth-order valence-electron chi connectivity index (χ4n) is 2.88. The molecule has 1 aliphatic heterocycles. The van der Waals surface area contributed by atoms with Gasteiger partial charge in [0.25, 0.3) is 5.69 Å². The Kier molecular flexibility index (Phi) is 6.69. The third-order valence-electron chi connectivity index (χ3n) is 4.23. The first-order valence-corrected chi connectivity index (χ1v) is 8.39. The molecule has 0 radical (unpaired) electrons. The van der Waals surface area contributed by atoms with E-state index in [9.17, 15) is 24.5 Å². The number of nitrogens with zero attached hydrogens (tertiary/aromatic N) is 1. The highest BCUT2D eigenvalue weighted by molar-refractivity contribution is 5.87. The van der Waals surface area contributed by atoms with Crippen LogP contribution in [0.1, 0.15) is 25.8 Å². The van der Waals surface area contributed by atoms with Crippen LogP contribution < -0.4 is 10.6 Å². The van der Waals surface area contributed by atoms with Crippen LogP contribution in [0.3, 0.4) is 0 Å². The molecular formula is C17H21N3O7. The highest BCUT2D eigenvalue weighted by atomic mass is 16.6. The first-order valence-electron chi connectivity index (χ1n) is 8.39. The first kappa shape index (κ1) is 20.1. The molecule has 0 saturated carbocycles. The molecular weight excluding hydrogens is 358 g/mol. The number of ether oxygens (including phenoxy) is 2. The monoisotopic (exact) mass is 379 g/mol. The molecule has 146 valence electrons. The van der Waals surface area contributed by atoms with E-state index >= 15 is 0 Å². The zero-order valence-corrected chi connectivity index (χ0v) is 15.0. The van der Waals surface area contributed by atoms with E-state index in [1.54, 1.807) is 13.0 Å². The van der Waals surface area contributed by atoms with Gasteiger partial charge in [-0.2, -0.15) is 0 Å². The number of alkyl carbamates (subject to hydrolysis) is 1. The number of esters is 1. The van der Waals surface area contributed by atoms with Crippen molar-refractivity contribution in [1.82, 2.24) is 10.6 Å². The molecule has 1 unspecified atom stereocenters. The van der Waals surface area contributed by atoms with Gasteiger partial charge in [0.1, 0.15) is 6.61 Å². The number of nitrogens with one attached hydrogen (secondary N) is 2. The van der Waals surface area contributed by atoms with Gasteiger partial charge >= 0.3 is 12.1 Å². The number of hydrogen-bond acceptors (Lipinski definition) is 7. The van der Waals surface area contributed by atoms with Crippen LogP contribution in [0.2, 0.25) is 0 Å². The van der Waals surface area contributed by atoms with Crippen LogP contribution in [0, 0.1) is 16.0 Å². The van der Waals surface area contributed by atoms with E-state index in [1.165, 1.54) is 25.1 Å². The van der Waals surface area contributed by atoms with Crippen LogP contribution in [-0.2, 0) is 25.7 Å². The molecule has 0 aliphatic carbocycles. The van der Waals surface area contributed by atoms with Crippen LogP contribution in [0.5, 0.6) is 0 Å². The molecule has 0 bridgehead atoms. The van der Waals surface area contributed by atoms with Crippen LogP contribution in [0.25, 0.3) is 0 Å². The van der Waals surface area contributed by atoms with Crippen molar-refractivity contribution in [2.24, 2.45) is 5.92 Å². The van der Waals surface area contributed by atoms with Crippen molar-refractivity contribution in [1.29, 1.82) is 0 Å². The molecule has 2 N–H and O–H groups in total. The molecule has 2 rings (SSSR count). The molecule has 27 heavy (non-hydrogen) atoms. The van der Waals surface area contributed by atoms with Gasteiger partial charge in [-0.05, 0) is 13.0 Å². The summed E-state index contributed by atoms with van der Waals surface area (Å²) in [5.74, 6) is -1.09. The molecule has 1 aliphatic rings. The van der Waals surface area contributed by atoms with Crippen molar-refractivity contribution in [3.05, 3.63) is 39.9 Å². The van der Waals surface area contributed by atoms with Gasteiger partial charge in [-0.1, -0.05) is 12.1 Å². The Hall–Kier alpha value is -3.17. The second-order valence-corrected chi connectivity index (χ2v) is 6.16. The third-order valence-corrected chi connectivity index (χ3v) is 4.23. The van der Waals surface area contributed by atoms with E-state index < -0.39 is 28.9 Å². The largest absolute Gasteiger partial charge is 0.466 e. The molecule has 10 nitrogen and oxygen atoms in total. The second-order valence-electron chi connectivity index (χ2n) is 6.16. The maximum atomic E-state index is 12.0. The van der Waals surface area contributed by atoms with Gasteiger partial charge in [0.2, 0.25) is 5.91 Å². The van der Waals surface area contributed by atoms with Crippen molar-refractivity contribution < 1.29 is 28.8 Å². The number of hydrogen-bond donors (Lipinski definition) is 2. The minimum absolute atomic E-state index is 0.137. The summed E-state index contributed by atoms with van der Waals surface area (Å²) in [7, 11) is 0. The predicted molar refractivity (Wildman–Crippen MR) is 92.5 cm³/mol. The van der Waals surface area contributed by atoms with E-state index in [1.807, 2.05) is 0 Å². The number of carbonyl (C=O) groups is 3. The summed E-state index contributed by atoms with van der Waals surface area (Å²) in [6.45, 7) is 2.87. The number of nitro groups is 1. The first-order chi connectivity index (χ1) is 12.8. The van der Waals surface area contributed by atoms with Gasteiger partial charge in [-0.3, -0.25) is 19.7 Å². The van der Waals surface area contributed by atoms with Crippen LogP contribution in [-0.4, -0.2) is 41.6 Å². The van der Waals surface area contributed by atoms with Gasteiger partial charge in [-0.15, -0.1) is 0 Å². The molecule has 1 heterocycles. The van der Waals surface area contributed by atoms with Gasteiger partial charge in [0.05, 0.1) is 23.0 Å². The average molecular weight is 379 g/mol. The zero-order valence-electron chi connectivity index (χ0n) is 15.0. The van der Waals surface area contributed by atoms with Gasteiger partial charge < -0.3 is 20.1 Å². The van der Waals surface area contributed by atoms with E-state index in [0.29, 0.717) is 6.42 Å². The fraction of sp³-hybridized carbons (Fsp3) is 0.471. The Morgan fingerprint density at radius 1 is 1.33 bits per heavy atom. The number of benzene rings is 1. The van der Waals surface area contributed by atoms with Crippen molar-refractivity contribution >= 4 is 23.7 Å². The van der Waals surface area contributed by atoms with Crippen LogP contribution in [0.15, 0.2) is 24.3 Å². The molecule has 1 aromatic carbocycles. The third kappa shape index (κ3) is 5.40. The van der Waals surface area contributed by atoms with Gasteiger partial charge in [0, 0.05) is 31.5 Å². The number of rotatable bonds is 8. The Balaban J connectivity index is 1.83. The maximum absolute atomic E-state index is 12.0. The van der Waals surface area contributed by atoms with E-state index in [2.05, 4.69) is 10.6 Å². The molecule has 0 aromatic heterocycles. The molecule has 3 atom stereocenters. The van der Waals surface area contributed by atoms with Crippen molar-refractivity contribution in [2.75, 3.05) is 6.61 Å². The summed E-state index contributed by atoms with van der Waals surface area (Å²) in [5.41, 5.74) is 0.133. The highest BCUT2D eigenvalue weighted by Crippen LogP contribution is 2.22. The maximum Gasteiger partial charge on any atom is 0.407 e. The minimum atomic E-state index is -0.779. The summed E-state index contributed by atoms with van der Waals surface area (Å²) < 4.78 is 9.89.